The molecule has 0 fully saturated rings. The van der Waals surface area contributed by atoms with E-state index < -0.39 is 60.3 Å². The number of carboxylic acid groups (broad SMARTS) is 1. The number of aliphatic carboxylic acids is 1. The van der Waals surface area contributed by atoms with Crippen LogP contribution in [-0.4, -0.2) is 107 Å². The molecule has 0 saturated heterocycles. The number of carbonyl (C=O) groups excluding carboxylic acids is 4. The first-order valence-electron chi connectivity index (χ1n) is 18.5. The van der Waals surface area contributed by atoms with E-state index >= 15 is 0 Å². The molecule has 56 heavy (non-hydrogen) atoms. The number of rotatable bonds is 25. The summed E-state index contributed by atoms with van der Waals surface area (Å²) in [5.74, 6) is -2.77. The van der Waals surface area contributed by atoms with E-state index in [1.165, 1.54) is 6.92 Å². The van der Waals surface area contributed by atoms with Gasteiger partial charge in [0.2, 0.25) is 29.5 Å². The van der Waals surface area contributed by atoms with Crippen LogP contribution in [0.15, 0.2) is 41.6 Å². The van der Waals surface area contributed by atoms with Crippen LogP contribution in [0.1, 0.15) is 77.2 Å². The summed E-state index contributed by atoms with van der Waals surface area (Å²) >= 11 is 0. The number of nitrogens with zero attached hydrogens (tertiary/aromatic N) is 10. The number of carbonyl (C=O) groups is 5. The van der Waals surface area contributed by atoms with E-state index in [2.05, 4.69) is 62.0 Å². The van der Waals surface area contributed by atoms with Crippen molar-refractivity contribution in [2.24, 2.45) is 16.8 Å². The molecule has 3 rings (SSSR count). The van der Waals surface area contributed by atoms with Crippen molar-refractivity contribution in [3.8, 4) is 11.4 Å². The Bertz CT molecular complexity index is 1770. The molecule has 0 aliphatic rings. The maximum Gasteiger partial charge on any atom is 0.325 e. The third kappa shape index (κ3) is 16.1. The maximum absolute atomic E-state index is 13.6. The van der Waals surface area contributed by atoms with Crippen molar-refractivity contribution in [1.29, 1.82) is 0 Å². The summed E-state index contributed by atoms with van der Waals surface area (Å²) in [4.78, 5) is 66.0. The second-order valence-corrected chi connectivity index (χ2v) is 13.6. The second-order valence-electron chi connectivity index (χ2n) is 13.6. The number of hydrogen-bond acceptors (Lipinski definition) is 13. The van der Waals surface area contributed by atoms with Crippen LogP contribution in [0.3, 0.4) is 0 Å². The predicted molar refractivity (Wildman–Crippen MR) is 202 cm³/mol. The van der Waals surface area contributed by atoms with Gasteiger partial charge in [0, 0.05) is 42.6 Å². The number of aryl methyl sites for hydroxylation is 3. The van der Waals surface area contributed by atoms with E-state index in [4.69, 9.17) is 16.4 Å². The van der Waals surface area contributed by atoms with Crippen molar-refractivity contribution in [1.82, 2.24) is 56.7 Å². The fourth-order valence-corrected chi connectivity index (χ4v) is 5.40. The Morgan fingerprint density at radius 1 is 0.857 bits per heavy atom. The van der Waals surface area contributed by atoms with Gasteiger partial charge in [-0.05, 0) is 56.9 Å². The van der Waals surface area contributed by atoms with Crippen LogP contribution >= 0.6 is 0 Å². The lowest BCUT2D eigenvalue weighted by atomic mass is 10.0. The van der Waals surface area contributed by atoms with Gasteiger partial charge in [0.15, 0.2) is 5.82 Å². The molecule has 0 aliphatic heterocycles. The lowest BCUT2D eigenvalue weighted by Gasteiger charge is -2.24. The summed E-state index contributed by atoms with van der Waals surface area (Å²) in [5.41, 5.74) is 16.2. The molecule has 0 radical (unpaired) electrons. The molecule has 7 N–H and O–H groups in total. The SMILES string of the molecule is CC(C)C[C@H](N)C(=O)N[C@@H](CCCCN=[N+]=[N-])C(=O)N[C@@H](CCCCn1cc(CCc2nnc(-c3ccccc3)nn2)nn1)C(=O)NCC(=O)N[C@@H](C)C(=O)O. The Balaban J connectivity index is 1.61. The molecule has 2 aromatic heterocycles. The molecule has 4 amide bonds. The van der Waals surface area contributed by atoms with Crippen molar-refractivity contribution in [3.05, 3.63) is 58.5 Å². The number of aromatic nitrogens is 7. The summed E-state index contributed by atoms with van der Waals surface area (Å²) in [6.45, 7) is 5.25. The third-order valence-electron chi connectivity index (χ3n) is 8.44. The molecular formula is C35H51N15O6. The third-order valence-corrected chi connectivity index (χ3v) is 8.44. The minimum Gasteiger partial charge on any atom is -0.480 e. The Labute approximate surface area is 324 Å². The average Bonchev–Trinajstić information content (AvgIpc) is 3.64. The molecule has 0 saturated carbocycles. The number of nitrogens with two attached hydrogens (primary N) is 1. The number of nitrogens with one attached hydrogen (secondary N) is 4. The topological polar surface area (TPSA) is 311 Å². The van der Waals surface area contributed by atoms with E-state index in [0.29, 0.717) is 68.8 Å². The van der Waals surface area contributed by atoms with Crippen LogP contribution in [0.2, 0.25) is 0 Å². The fraction of sp³-hybridized carbons (Fsp3) is 0.571. The van der Waals surface area contributed by atoms with E-state index in [0.717, 1.165) is 5.56 Å². The number of unbranched alkanes of at least 4 members (excludes halogenated alkanes) is 2. The van der Waals surface area contributed by atoms with Crippen molar-refractivity contribution in [3.63, 3.8) is 0 Å². The first-order valence-corrected chi connectivity index (χ1v) is 18.5. The van der Waals surface area contributed by atoms with Gasteiger partial charge in [0.25, 0.3) is 0 Å². The van der Waals surface area contributed by atoms with E-state index in [1.807, 2.05) is 44.2 Å². The Morgan fingerprint density at radius 3 is 2.18 bits per heavy atom. The van der Waals surface area contributed by atoms with Crippen LogP contribution in [0.25, 0.3) is 21.8 Å². The van der Waals surface area contributed by atoms with E-state index in [1.54, 1.807) is 10.9 Å². The lowest BCUT2D eigenvalue weighted by molar-refractivity contribution is -0.141. The van der Waals surface area contributed by atoms with Gasteiger partial charge >= 0.3 is 5.97 Å². The summed E-state index contributed by atoms with van der Waals surface area (Å²) in [5, 5.41) is 47.8. The lowest BCUT2D eigenvalue weighted by Crippen LogP contribution is -2.56. The predicted octanol–water partition coefficient (Wildman–Crippen LogP) is 1.01. The number of amides is 4. The van der Waals surface area contributed by atoms with Crippen LogP contribution in [0.4, 0.5) is 0 Å². The average molecular weight is 778 g/mol. The Hall–Kier alpha value is -6.08. The number of azide groups is 1. The highest BCUT2D eigenvalue weighted by molar-refractivity contribution is 5.94. The Morgan fingerprint density at radius 2 is 1.52 bits per heavy atom. The molecule has 2 heterocycles. The largest absolute Gasteiger partial charge is 0.480 e. The maximum atomic E-state index is 13.6. The minimum atomic E-state index is -1.24. The van der Waals surface area contributed by atoms with Crippen LogP contribution in [-0.2, 0) is 43.4 Å². The van der Waals surface area contributed by atoms with Crippen molar-refractivity contribution in [2.45, 2.75) is 109 Å². The van der Waals surface area contributed by atoms with E-state index in [9.17, 15) is 24.0 Å². The molecule has 0 bridgehead atoms. The smallest absolute Gasteiger partial charge is 0.325 e. The quantitative estimate of drug-likeness (QED) is 0.0303. The molecule has 302 valence electrons. The molecule has 21 nitrogen and oxygen atoms in total. The molecule has 1 aromatic carbocycles. The van der Waals surface area contributed by atoms with Gasteiger partial charge in [0.1, 0.15) is 18.1 Å². The number of hydrogen-bond donors (Lipinski definition) is 6. The molecule has 0 spiro atoms. The monoisotopic (exact) mass is 777 g/mol. The molecule has 0 aliphatic carbocycles. The molecule has 3 aromatic rings. The van der Waals surface area contributed by atoms with Gasteiger partial charge in [-0.2, -0.15) is 0 Å². The van der Waals surface area contributed by atoms with Gasteiger partial charge in [-0.15, -0.1) is 25.5 Å². The highest BCUT2D eigenvalue weighted by Crippen LogP contribution is 2.12. The molecular weight excluding hydrogens is 726 g/mol. The fourth-order valence-electron chi connectivity index (χ4n) is 5.40. The number of benzene rings is 1. The normalized spacial score (nSPS) is 13.1. The zero-order valence-corrected chi connectivity index (χ0v) is 31.9. The van der Waals surface area contributed by atoms with Gasteiger partial charge in [-0.1, -0.05) is 60.9 Å². The summed E-state index contributed by atoms with van der Waals surface area (Å²) in [6.07, 6.45) is 5.36. The van der Waals surface area contributed by atoms with Gasteiger partial charge < -0.3 is 32.1 Å². The van der Waals surface area contributed by atoms with Crippen molar-refractivity contribution < 1.29 is 29.1 Å². The highest BCUT2D eigenvalue weighted by atomic mass is 16.4. The summed E-state index contributed by atoms with van der Waals surface area (Å²) in [6, 6.07) is 5.22. The molecule has 4 atom stereocenters. The van der Waals surface area contributed by atoms with Gasteiger partial charge in [0.05, 0.1) is 18.3 Å². The van der Waals surface area contributed by atoms with Gasteiger partial charge in [-0.25, -0.2) is 0 Å². The Kier molecular flexibility index (Phi) is 18.7. The van der Waals surface area contributed by atoms with Crippen molar-refractivity contribution >= 4 is 29.6 Å². The van der Waals surface area contributed by atoms with Crippen LogP contribution in [0, 0.1) is 5.92 Å². The highest BCUT2D eigenvalue weighted by Gasteiger charge is 2.28. The minimum absolute atomic E-state index is 0.132. The van der Waals surface area contributed by atoms with Crippen molar-refractivity contribution in [2.75, 3.05) is 13.1 Å². The zero-order chi connectivity index (χ0) is 40.9. The molecule has 21 heteroatoms. The first kappa shape index (κ1) is 44.3. The second kappa shape index (κ2) is 23.6. The van der Waals surface area contributed by atoms with E-state index in [-0.39, 0.29) is 25.3 Å². The zero-order valence-electron chi connectivity index (χ0n) is 31.9. The first-order chi connectivity index (χ1) is 26.9. The molecule has 0 unspecified atom stereocenters. The number of carboxylic acids is 1. The standard InChI is InChI=1S/C35H51N15O6/c1-22(2)19-26(36)32(52)41-28(13-7-9-17-39-48-37)34(54)42-27(33(53)38-20-30(51)40-23(3)35(55)56)14-8-10-18-50-21-25(43-49-50)15-16-29-44-46-31(47-45-29)24-11-5-4-6-12-24/h4-6,11-12,21-23,26-28H,7-10,13-20,36H2,1-3H3,(H,38,53)(H,40,51)(H,41,52)(H,42,54)(H,55,56)/t23-,26-,27-,28-/m0/s1. The summed E-state index contributed by atoms with van der Waals surface area (Å²) in [7, 11) is 0. The van der Waals surface area contributed by atoms with Crippen LogP contribution in [0.5, 0.6) is 0 Å². The summed E-state index contributed by atoms with van der Waals surface area (Å²) < 4.78 is 1.66. The van der Waals surface area contributed by atoms with Gasteiger partial charge in [-0.3, -0.25) is 28.7 Å². The van der Waals surface area contributed by atoms with Crippen LogP contribution < -0.4 is 27.0 Å².